The van der Waals surface area contributed by atoms with E-state index in [1.54, 1.807) is 5.54 Å². The van der Waals surface area contributed by atoms with E-state index in [0.717, 1.165) is 13.1 Å². The average Bonchev–Trinajstić information content (AvgIpc) is 2.48. The van der Waals surface area contributed by atoms with Crippen molar-refractivity contribution in [2.45, 2.75) is 69.9 Å². The topological polar surface area (TPSA) is 15.3 Å². The zero-order valence-corrected chi connectivity index (χ0v) is 13.3. The van der Waals surface area contributed by atoms with Crippen molar-refractivity contribution in [1.29, 1.82) is 0 Å². The minimum Gasteiger partial charge on any atom is -0.308 e. The Morgan fingerprint density at radius 3 is 2.42 bits per heavy atom. The fourth-order valence-corrected chi connectivity index (χ4v) is 3.98. The van der Waals surface area contributed by atoms with Crippen LogP contribution in [0, 0.1) is 0 Å². The minimum absolute atomic E-state index is 0.308. The summed E-state index contributed by atoms with van der Waals surface area (Å²) in [6.45, 7) is 7.95. The molecule has 1 N–H and O–H groups in total. The number of piperazine rings is 1. The molecule has 0 atom stereocenters. The van der Waals surface area contributed by atoms with Gasteiger partial charge in [0.2, 0.25) is 0 Å². The smallest absolute Gasteiger partial charge is 0.0338 e. The number of rotatable bonds is 4. The maximum Gasteiger partial charge on any atom is 0.0338 e. The normalized spacial score (nSPS) is 27.1. The summed E-state index contributed by atoms with van der Waals surface area (Å²) in [5, 5.41) is 3.90. The van der Waals surface area contributed by atoms with Crippen LogP contribution in [0.4, 0.5) is 0 Å². The standard InChI is InChI=1S/C16H29ClN2/c1-3-15(4-2)14-19(12-8-11-17)16(13-18-15)9-6-5-7-10-16/h8,11,18H,3-7,9-10,12-14H2,1-2H3/b11-8+. The highest BCUT2D eigenvalue weighted by atomic mass is 35.5. The van der Waals surface area contributed by atoms with Crippen molar-refractivity contribution in [3.8, 4) is 0 Å². The van der Waals surface area contributed by atoms with E-state index < -0.39 is 0 Å². The van der Waals surface area contributed by atoms with Crippen molar-refractivity contribution in [3.63, 3.8) is 0 Å². The van der Waals surface area contributed by atoms with E-state index in [0.29, 0.717) is 11.1 Å². The van der Waals surface area contributed by atoms with Gasteiger partial charge < -0.3 is 5.32 Å². The third-order valence-electron chi connectivity index (χ3n) is 5.51. The van der Waals surface area contributed by atoms with Crippen molar-refractivity contribution < 1.29 is 0 Å². The van der Waals surface area contributed by atoms with Crippen LogP contribution in [0.1, 0.15) is 58.8 Å². The maximum absolute atomic E-state index is 5.76. The maximum atomic E-state index is 5.76. The van der Waals surface area contributed by atoms with Crippen molar-refractivity contribution in [3.05, 3.63) is 11.6 Å². The average molecular weight is 285 g/mol. The molecule has 2 aliphatic rings. The molecule has 2 rings (SSSR count). The lowest BCUT2D eigenvalue weighted by Gasteiger charge is -2.56. The van der Waals surface area contributed by atoms with Gasteiger partial charge in [-0.25, -0.2) is 0 Å². The van der Waals surface area contributed by atoms with Crippen LogP contribution in [0.15, 0.2) is 11.6 Å². The van der Waals surface area contributed by atoms with Crippen molar-refractivity contribution in [2.75, 3.05) is 19.6 Å². The number of nitrogens with one attached hydrogen (secondary N) is 1. The zero-order chi connectivity index (χ0) is 13.8. The molecular formula is C16H29ClN2. The number of hydrogen-bond acceptors (Lipinski definition) is 2. The molecule has 1 heterocycles. The predicted octanol–water partition coefficient (Wildman–Crippen LogP) is 3.91. The first-order valence-corrected chi connectivity index (χ1v) is 8.39. The highest BCUT2D eigenvalue weighted by molar-refractivity contribution is 6.25. The highest BCUT2D eigenvalue weighted by Gasteiger charge is 2.45. The Morgan fingerprint density at radius 1 is 1.16 bits per heavy atom. The molecule has 1 aliphatic carbocycles. The SMILES string of the molecule is CCC1(CC)CN(C/C=C/Cl)C2(CCCCC2)CN1. The third kappa shape index (κ3) is 3.17. The quantitative estimate of drug-likeness (QED) is 0.842. The molecule has 0 radical (unpaired) electrons. The molecule has 1 saturated heterocycles. The number of hydrogen-bond donors (Lipinski definition) is 1. The Kier molecular flexibility index (Phi) is 5.33. The Bertz CT molecular complexity index is 304. The van der Waals surface area contributed by atoms with Crippen molar-refractivity contribution in [2.24, 2.45) is 0 Å². The Hall–Kier alpha value is -0.0500. The van der Waals surface area contributed by atoms with Gasteiger partial charge in [0.25, 0.3) is 0 Å². The van der Waals surface area contributed by atoms with Crippen LogP contribution in [-0.2, 0) is 0 Å². The van der Waals surface area contributed by atoms with Gasteiger partial charge in [0.05, 0.1) is 0 Å². The second kappa shape index (κ2) is 6.60. The van der Waals surface area contributed by atoms with Gasteiger partial charge in [-0.3, -0.25) is 4.90 Å². The van der Waals surface area contributed by atoms with Gasteiger partial charge in [0.1, 0.15) is 0 Å². The Balaban J connectivity index is 2.15. The van der Waals surface area contributed by atoms with Gasteiger partial charge in [-0.1, -0.05) is 50.8 Å². The highest BCUT2D eigenvalue weighted by Crippen LogP contribution is 2.38. The summed E-state index contributed by atoms with van der Waals surface area (Å²) in [4.78, 5) is 2.72. The number of nitrogens with zero attached hydrogens (tertiary/aromatic N) is 1. The Morgan fingerprint density at radius 2 is 1.84 bits per heavy atom. The van der Waals surface area contributed by atoms with Crippen LogP contribution in [0.5, 0.6) is 0 Å². The summed E-state index contributed by atoms with van der Waals surface area (Å²) in [6.07, 6.45) is 11.4. The van der Waals surface area contributed by atoms with Gasteiger partial charge in [-0.05, 0) is 25.7 Å². The Labute approximate surface area is 123 Å². The summed E-state index contributed by atoms with van der Waals surface area (Å²) < 4.78 is 0. The van der Waals surface area contributed by atoms with Gasteiger partial charge in [-0.2, -0.15) is 0 Å². The summed E-state index contributed by atoms with van der Waals surface area (Å²) >= 11 is 5.76. The van der Waals surface area contributed by atoms with E-state index >= 15 is 0 Å². The molecular weight excluding hydrogens is 256 g/mol. The van der Waals surface area contributed by atoms with Gasteiger partial charge in [0.15, 0.2) is 0 Å². The van der Waals surface area contributed by atoms with Crippen molar-refractivity contribution >= 4 is 11.6 Å². The van der Waals surface area contributed by atoms with Gasteiger partial charge in [0, 0.05) is 36.2 Å². The first-order chi connectivity index (χ1) is 9.20. The first-order valence-electron chi connectivity index (χ1n) is 7.95. The summed E-state index contributed by atoms with van der Waals surface area (Å²) in [6, 6.07) is 0. The molecule has 0 aromatic carbocycles. The minimum atomic E-state index is 0.308. The summed E-state index contributed by atoms with van der Waals surface area (Å²) in [7, 11) is 0. The van der Waals surface area contributed by atoms with E-state index in [2.05, 4.69) is 30.1 Å². The molecule has 3 heteroatoms. The lowest BCUT2D eigenvalue weighted by atomic mass is 9.75. The van der Waals surface area contributed by atoms with Crippen molar-refractivity contribution in [1.82, 2.24) is 10.2 Å². The third-order valence-corrected chi connectivity index (χ3v) is 5.69. The second-order valence-electron chi connectivity index (χ2n) is 6.37. The molecule has 0 amide bonds. The van der Waals surface area contributed by atoms with Gasteiger partial charge in [-0.15, -0.1) is 0 Å². The molecule has 2 nitrogen and oxygen atoms in total. The first kappa shape index (κ1) is 15.3. The van der Waals surface area contributed by atoms with Gasteiger partial charge >= 0.3 is 0 Å². The molecule has 1 saturated carbocycles. The fourth-order valence-electron chi connectivity index (χ4n) is 3.90. The molecule has 1 spiro atoms. The lowest BCUT2D eigenvalue weighted by Crippen LogP contribution is -2.70. The van der Waals surface area contributed by atoms with Crippen LogP contribution >= 0.6 is 11.6 Å². The molecule has 0 aromatic heterocycles. The van der Waals surface area contributed by atoms with Crippen LogP contribution in [0.25, 0.3) is 0 Å². The molecule has 0 aromatic rings. The molecule has 19 heavy (non-hydrogen) atoms. The second-order valence-corrected chi connectivity index (χ2v) is 6.62. The molecule has 1 aliphatic heterocycles. The van der Waals surface area contributed by atoms with Crippen LogP contribution in [-0.4, -0.2) is 35.6 Å². The van der Waals surface area contributed by atoms with E-state index in [-0.39, 0.29) is 0 Å². The monoisotopic (exact) mass is 284 g/mol. The largest absolute Gasteiger partial charge is 0.308 e. The summed E-state index contributed by atoms with van der Waals surface area (Å²) in [5.74, 6) is 0. The van der Waals surface area contributed by atoms with E-state index in [4.69, 9.17) is 11.6 Å². The van der Waals surface area contributed by atoms with Crippen LogP contribution in [0.2, 0.25) is 0 Å². The van der Waals surface area contributed by atoms with Crippen LogP contribution < -0.4 is 5.32 Å². The fraction of sp³-hybridized carbons (Fsp3) is 0.875. The zero-order valence-electron chi connectivity index (χ0n) is 12.6. The molecule has 0 unspecified atom stereocenters. The lowest BCUT2D eigenvalue weighted by molar-refractivity contribution is -0.0136. The molecule has 0 bridgehead atoms. The molecule has 2 fully saturated rings. The predicted molar refractivity (Wildman–Crippen MR) is 83.7 cm³/mol. The van der Waals surface area contributed by atoms with E-state index in [1.165, 1.54) is 51.5 Å². The van der Waals surface area contributed by atoms with Crippen LogP contribution in [0.3, 0.4) is 0 Å². The number of halogens is 1. The van der Waals surface area contributed by atoms with E-state index in [9.17, 15) is 0 Å². The summed E-state index contributed by atoms with van der Waals surface area (Å²) in [5.41, 5.74) is 2.38. The molecule has 110 valence electrons. The van der Waals surface area contributed by atoms with E-state index in [1.807, 2.05) is 0 Å².